The molecule has 0 aliphatic heterocycles. The molecule has 0 aliphatic rings. The Balaban J connectivity index is 1.64. The number of hydrogen-bond donors (Lipinski definition) is 1. The predicted octanol–water partition coefficient (Wildman–Crippen LogP) is 4.65. The molecule has 34 heavy (non-hydrogen) atoms. The molecular weight excluding hydrogens is 477 g/mol. The highest BCUT2D eigenvalue weighted by atomic mass is 35.5. The first-order chi connectivity index (χ1) is 16.2. The van der Waals surface area contributed by atoms with Crippen molar-refractivity contribution in [3.63, 3.8) is 0 Å². The molecule has 9 heteroatoms. The van der Waals surface area contributed by atoms with E-state index >= 15 is 0 Å². The summed E-state index contributed by atoms with van der Waals surface area (Å²) in [7, 11) is -1.16. The second-order valence-corrected chi connectivity index (χ2v) is 10.4. The quantitative estimate of drug-likeness (QED) is 0.409. The van der Waals surface area contributed by atoms with Gasteiger partial charge >= 0.3 is 10.2 Å². The highest BCUT2D eigenvalue weighted by Crippen LogP contribution is 2.25. The highest BCUT2D eigenvalue weighted by Gasteiger charge is 2.27. The largest absolute Gasteiger partial charge is 0.352 e. The summed E-state index contributed by atoms with van der Waals surface area (Å²) >= 11 is 6.15. The summed E-state index contributed by atoms with van der Waals surface area (Å²) in [5.41, 5.74) is 2.06. The summed E-state index contributed by atoms with van der Waals surface area (Å²) in [6.07, 6.45) is 1.50. The second kappa shape index (κ2) is 11.5. The van der Waals surface area contributed by atoms with Crippen LogP contribution in [-0.4, -0.2) is 39.3 Å². The Morgan fingerprint density at radius 3 is 2.26 bits per heavy atom. The summed E-state index contributed by atoms with van der Waals surface area (Å²) in [6, 6.07) is 19.9. The van der Waals surface area contributed by atoms with Crippen LogP contribution in [0.3, 0.4) is 0 Å². The maximum absolute atomic E-state index is 14.4. The number of amides is 1. The third kappa shape index (κ3) is 6.34. The molecule has 0 aromatic heterocycles. The van der Waals surface area contributed by atoms with Crippen LogP contribution in [0.15, 0.2) is 72.8 Å². The fraction of sp³-hybridized carbons (Fsp3) is 0.240. The number of halogens is 2. The first kappa shape index (κ1) is 25.7. The van der Waals surface area contributed by atoms with Gasteiger partial charge in [0.05, 0.1) is 12.2 Å². The van der Waals surface area contributed by atoms with E-state index < -0.39 is 16.0 Å². The number of rotatable bonds is 10. The van der Waals surface area contributed by atoms with Gasteiger partial charge in [-0.15, -0.1) is 0 Å². The minimum Gasteiger partial charge on any atom is -0.352 e. The van der Waals surface area contributed by atoms with Gasteiger partial charge in [0.1, 0.15) is 5.82 Å². The molecule has 0 saturated heterocycles. The molecule has 0 radical (unpaired) electrons. The lowest BCUT2D eigenvalue weighted by Crippen LogP contribution is -2.40. The number of para-hydroxylation sites is 1. The molecule has 0 unspecified atom stereocenters. The number of carbonyl (C=O) groups excluding carboxylic acids is 1. The van der Waals surface area contributed by atoms with E-state index in [1.165, 1.54) is 32.3 Å². The molecule has 0 saturated carbocycles. The lowest BCUT2D eigenvalue weighted by molar-refractivity contribution is 0.0953. The Bertz CT molecular complexity index is 1230. The first-order valence-electron chi connectivity index (χ1n) is 10.8. The number of anilines is 1. The van der Waals surface area contributed by atoms with Crippen LogP contribution in [0.2, 0.25) is 5.02 Å². The van der Waals surface area contributed by atoms with Crippen LogP contribution in [0.5, 0.6) is 0 Å². The maximum atomic E-state index is 14.4. The third-order valence-electron chi connectivity index (χ3n) is 5.27. The summed E-state index contributed by atoms with van der Waals surface area (Å²) < 4.78 is 42.1. The van der Waals surface area contributed by atoms with Crippen LogP contribution in [-0.2, 0) is 23.2 Å². The molecule has 0 bridgehead atoms. The molecule has 1 amide bonds. The Hall–Kier alpha value is -2.94. The average molecular weight is 504 g/mol. The zero-order chi connectivity index (χ0) is 24.7. The second-order valence-electron chi connectivity index (χ2n) is 7.90. The van der Waals surface area contributed by atoms with Crippen LogP contribution in [0.25, 0.3) is 0 Å². The smallest absolute Gasteiger partial charge is 0.303 e. The van der Waals surface area contributed by atoms with Gasteiger partial charge in [-0.25, -0.2) is 4.39 Å². The van der Waals surface area contributed by atoms with Crippen molar-refractivity contribution in [1.29, 1.82) is 0 Å². The average Bonchev–Trinajstić information content (AvgIpc) is 2.82. The monoisotopic (exact) mass is 503 g/mol. The summed E-state index contributed by atoms with van der Waals surface area (Å²) in [4.78, 5) is 12.5. The van der Waals surface area contributed by atoms with Gasteiger partial charge in [0, 0.05) is 31.2 Å². The van der Waals surface area contributed by atoms with E-state index in [-0.39, 0.29) is 18.1 Å². The maximum Gasteiger partial charge on any atom is 0.303 e. The van der Waals surface area contributed by atoms with Crippen molar-refractivity contribution >= 4 is 33.4 Å². The molecule has 0 heterocycles. The van der Waals surface area contributed by atoms with E-state index in [4.69, 9.17) is 11.6 Å². The van der Waals surface area contributed by atoms with Crippen LogP contribution >= 0.6 is 11.6 Å². The SMILES string of the molecule is CN(C)S(=O)(=O)N(Cc1ccc(C(=O)NCCCc2ccccc2Cl)cc1)c1ccccc1F. The topological polar surface area (TPSA) is 69.7 Å². The number of aryl methyl sites for hydroxylation is 1. The van der Waals surface area contributed by atoms with E-state index in [0.29, 0.717) is 22.7 Å². The molecule has 3 aromatic rings. The van der Waals surface area contributed by atoms with Gasteiger partial charge in [-0.1, -0.05) is 54.1 Å². The number of nitrogens with one attached hydrogen (secondary N) is 1. The minimum atomic E-state index is -3.94. The van der Waals surface area contributed by atoms with Crippen molar-refractivity contribution in [2.75, 3.05) is 24.9 Å². The molecule has 180 valence electrons. The lowest BCUT2D eigenvalue weighted by atomic mass is 10.1. The normalized spacial score (nSPS) is 11.4. The highest BCUT2D eigenvalue weighted by molar-refractivity contribution is 7.90. The molecule has 6 nitrogen and oxygen atoms in total. The summed E-state index contributed by atoms with van der Waals surface area (Å²) in [6.45, 7) is 0.412. The molecule has 0 spiro atoms. The van der Waals surface area contributed by atoms with Gasteiger partial charge < -0.3 is 5.32 Å². The van der Waals surface area contributed by atoms with E-state index in [1.54, 1.807) is 30.3 Å². The number of carbonyl (C=O) groups is 1. The fourth-order valence-corrected chi connectivity index (χ4v) is 4.69. The van der Waals surface area contributed by atoms with Gasteiger partial charge in [0.25, 0.3) is 5.91 Å². The van der Waals surface area contributed by atoms with Crippen molar-refractivity contribution in [1.82, 2.24) is 9.62 Å². The Morgan fingerprint density at radius 2 is 1.62 bits per heavy atom. The standard InChI is InChI=1S/C25H27ClFN3O3S/c1-29(2)34(32,33)30(24-12-6-5-11-23(24)27)18-19-13-15-21(16-14-19)25(31)28-17-7-9-20-8-3-4-10-22(20)26/h3-6,8,10-16H,7,9,17-18H2,1-2H3,(H,28,31). The molecule has 0 fully saturated rings. The van der Waals surface area contributed by atoms with Gasteiger partial charge in [0.15, 0.2) is 0 Å². The molecular formula is C25H27ClFN3O3S. The minimum absolute atomic E-state index is 0.0449. The van der Waals surface area contributed by atoms with Crippen LogP contribution < -0.4 is 9.62 Å². The van der Waals surface area contributed by atoms with E-state index in [2.05, 4.69) is 5.32 Å². The van der Waals surface area contributed by atoms with E-state index in [9.17, 15) is 17.6 Å². The molecule has 1 N–H and O–H groups in total. The van der Waals surface area contributed by atoms with Gasteiger partial charge in [-0.3, -0.25) is 9.10 Å². The van der Waals surface area contributed by atoms with Crippen molar-refractivity contribution in [2.24, 2.45) is 0 Å². The molecule has 3 rings (SSSR count). The van der Waals surface area contributed by atoms with Gasteiger partial charge in [-0.05, 0) is 54.3 Å². The van der Waals surface area contributed by atoms with Crippen molar-refractivity contribution in [3.8, 4) is 0 Å². The Morgan fingerprint density at radius 1 is 0.971 bits per heavy atom. The summed E-state index contributed by atoms with van der Waals surface area (Å²) in [5, 5.41) is 3.59. The van der Waals surface area contributed by atoms with Crippen LogP contribution in [0.4, 0.5) is 10.1 Å². The van der Waals surface area contributed by atoms with Crippen molar-refractivity contribution in [3.05, 3.63) is 100 Å². The van der Waals surface area contributed by atoms with Gasteiger partial charge in [0.2, 0.25) is 0 Å². The Labute approximate surface area is 205 Å². The third-order valence-corrected chi connectivity index (χ3v) is 7.44. The zero-order valence-electron chi connectivity index (χ0n) is 19.0. The summed E-state index contributed by atoms with van der Waals surface area (Å²) in [5.74, 6) is -0.863. The number of hydrogen-bond acceptors (Lipinski definition) is 3. The zero-order valence-corrected chi connectivity index (χ0v) is 20.6. The number of nitrogens with zero attached hydrogens (tertiary/aromatic N) is 2. The molecule has 3 aromatic carbocycles. The van der Waals surface area contributed by atoms with Crippen molar-refractivity contribution < 1.29 is 17.6 Å². The fourth-order valence-electron chi connectivity index (χ4n) is 3.35. The Kier molecular flexibility index (Phi) is 8.66. The van der Waals surface area contributed by atoms with Crippen LogP contribution in [0.1, 0.15) is 27.9 Å². The number of benzene rings is 3. The van der Waals surface area contributed by atoms with E-state index in [1.807, 2.05) is 24.3 Å². The first-order valence-corrected chi connectivity index (χ1v) is 12.5. The predicted molar refractivity (Wildman–Crippen MR) is 134 cm³/mol. The van der Waals surface area contributed by atoms with E-state index in [0.717, 1.165) is 27.0 Å². The lowest BCUT2D eigenvalue weighted by Gasteiger charge is -2.27. The van der Waals surface area contributed by atoms with Crippen LogP contribution in [0, 0.1) is 5.82 Å². The molecule has 0 aliphatic carbocycles. The van der Waals surface area contributed by atoms with Gasteiger partial charge in [-0.2, -0.15) is 12.7 Å². The molecule has 0 atom stereocenters. The van der Waals surface area contributed by atoms with Crippen molar-refractivity contribution in [2.45, 2.75) is 19.4 Å².